The zero-order valence-corrected chi connectivity index (χ0v) is 10.1. The smallest absolute Gasteiger partial charge is 0.237 e. The Morgan fingerprint density at radius 2 is 2.44 bits per heavy atom. The van der Waals surface area contributed by atoms with E-state index in [1.54, 1.807) is 0 Å². The summed E-state index contributed by atoms with van der Waals surface area (Å²) < 4.78 is 10.8. The molecule has 3 N–H and O–H groups in total. The molecule has 2 unspecified atom stereocenters. The Morgan fingerprint density at radius 1 is 1.69 bits per heavy atom. The first-order valence-corrected chi connectivity index (χ1v) is 5.83. The van der Waals surface area contributed by atoms with Crippen molar-refractivity contribution in [3.05, 3.63) is 0 Å². The van der Waals surface area contributed by atoms with Gasteiger partial charge in [-0.1, -0.05) is 6.92 Å². The summed E-state index contributed by atoms with van der Waals surface area (Å²) in [5.74, 6) is -0.333. The van der Waals surface area contributed by atoms with Crippen LogP contribution in [0.25, 0.3) is 0 Å². The first-order chi connectivity index (χ1) is 7.58. The predicted octanol–water partition coefficient (Wildman–Crippen LogP) is 0.0355. The molecule has 0 aromatic carbocycles. The molecule has 1 fully saturated rings. The average molecular weight is 230 g/mol. The first kappa shape index (κ1) is 13.4. The van der Waals surface area contributed by atoms with Gasteiger partial charge in [-0.2, -0.15) is 0 Å². The van der Waals surface area contributed by atoms with Gasteiger partial charge in [0.1, 0.15) is 0 Å². The lowest BCUT2D eigenvalue weighted by Crippen LogP contribution is -2.53. The maximum atomic E-state index is 11.3. The molecule has 1 amide bonds. The lowest BCUT2D eigenvalue weighted by atomic mass is 9.97. The fourth-order valence-corrected chi connectivity index (χ4v) is 1.76. The van der Waals surface area contributed by atoms with Gasteiger partial charge >= 0.3 is 0 Å². The molecule has 0 bridgehead atoms. The normalized spacial score (nSPS) is 24.2. The molecule has 0 aromatic heterocycles. The van der Waals surface area contributed by atoms with Gasteiger partial charge in [-0.3, -0.25) is 4.79 Å². The molecular formula is C11H22N2O3. The average Bonchev–Trinajstić information content (AvgIpc) is 2.70. The Bertz CT molecular complexity index is 229. The van der Waals surface area contributed by atoms with Gasteiger partial charge in [0.05, 0.1) is 18.2 Å². The number of nitrogens with one attached hydrogen (secondary N) is 1. The van der Waals surface area contributed by atoms with Gasteiger partial charge in [0, 0.05) is 13.2 Å². The van der Waals surface area contributed by atoms with Crippen LogP contribution in [0, 0.1) is 0 Å². The van der Waals surface area contributed by atoms with E-state index >= 15 is 0 Å². The van der Waals surface area contributed by atoms with Crippen molar-refractivity contribution in [1.82, 2.24) is 5.32 Å². The predicted molar refractivity (Wildman–Crippen MR) is 61.1 cm³/mol. The number of carbonyl (C=O) groups is 1. The molecular weight excluding hydrogens is 208 g/mol. The molecule has 0 aliphatic carbocycles. The quantitative estimate of drug-likeness (QED) is 0.647. The monoisotopic (exact) mass is 230 g/mol. The van der Waals surface area contributed by atoms with Crippen molar-refractivity contribution in [2.45, 2.75) is 38.3 Å². The molecule has 0 radical (unpaired) electrons. The van der Waals surface area contributed by atoms with Gasteiger partial charge < -0.3 is 20.5 Å². The third kappa shape index (κ3) is 3.73. The topological polar surface area (TPSA) is 73.6 Å². The van der Waals surface area contributed by atoms with Crippen LogP contribution in [0.1, 0.15) is 26.7 Å². The van der Waals surface area contributed by atoms with Gasteiger partial charge in [-0.15, -0.1) is 0 Å². The summed E-state index contributed by atoms with van der Waals surface area (Å²) in [5.41, 5.74) is 4.70. The molecule has 0 aromatic rings. The summed E-state index contributed by atoms with van der Waals surface area (Å²) in [6.45, 7) is 6.44. The number of ether oxygens (including phenoxy) is 2. The molecule has 5 nitrogen and oxygen atoms in total. The van der Waals surface area contributed by atoms with Crippen LogP contribution in [0.15, 0.2) is 0 Å². The van der Waals surface area contributed by atoms with E-state index in [2.05, 4.69) is 5.32 Å². The molecule has 94 valence electrons. The van der Waals surface area contributed by atoms with E-state index in [0.29, 0.717) is 26.2 Å². The highest BCUT2D eigenvalue weighted by Gasteiger charge is 2.30. The summed E-state index contributed by atoms with van der Waals surface area (Å²) in [6, 6.07) is 0. The number of carbonyl (C=O) groups excluding carboxylic acids is 1. The highest BCUT2D eigenvalue weighted by atomic mass is 16.5. The maximum Gasteiger partial charge on any atom is 0.237 e. The van der Waals surface area contributed by atoms with Crippen LogP contribution < -0.4 is 11.1 Å². The molecule has 0 spiro atoms. The SMILES string of the molecule is CCNC(C)(CCOC1CCOC1)C(N)=O. The number of rotatable bonds is 7. The molecule has 1 aliphatic rings. The number of nitrogens with two attached hydrogens (primary N) is 1. The number of likely N-dealkylation sites (N-methyl/N-ethyl adjacent to an activating group) is 1. The number of hydrogen-bond acceptors (Lipinski definition) is 4. The summed E-state index contributed by atoms with van der Waals surface area (Å²) in [6.07, 6.45) is 1.71. The molecule has 5 heteroatoms. The Hall–Kier alpha value is -0.650. The summed E-state index contributed by atoms with van der Waals surface area (Å²) >= 11 is 0. The zero-order valence-electron chi connectivity index (χ0n) is 10.1. The molecule has 0 saturated carbocycles. The Labute approximate surface area is 96.7 Å². The lowest BCUT2D eigenvalue weighted by Gasteiger charge is -2.27. The van der Waals surface area contributed by atoms with E-state index in [4.69, 9.17) is 15.2 Å². The van der Waals surface area contributed by atoms with Crippen LogP contribution in [0.5, 0.6) is 0 Å². The van der Waals surface area contributed by atoms with Crippen LogP contribution in [-0.2, 0) is 14.3 Å². The van der Waals surface area contributed by atoms with E-state index in [9.17, 15) is 4.79 Å². The summed E-state index contributed by atoms with van der Waals surface area (Å²) in [5, 5.41) is 3.10. The van der Waals surface area contributed by atoms with Crippen LogP contribution in [0.3, 0.4) is 0 Å². The fraction of sp³-hybridized carbons (Fsp3) is 0.909. The number of primary amides is 1. The van der Waals surface area contributed by atoms with E-state index in [0.717, 1.165) is 13.0 Å². The van der Waals surface area contributed by atoms with E-state index in [1.165, 1.54) is 0 Å². The molecule has 1 rings (SSSR count). The van der Waals surface area contributed by atoms with Crippen LogP contribution >= 0.6 is 0 Å². The Morgan fingerprint density at radius 3 is 2.94 bits per heavy atom. The highest BCUT2D eigenvalue weighted by Crippen LogP contribution is 2.13. The van der Waals surface area contributed by atoms with Gasteiger partial charge in [-0.25, -0.2) is 0 Å². The van der Waals surface area contributed by atoms with E-state index in [-0.39, 0.29) is 12.0 Å². The van der Waals surface area contributed by atoms with E-state index in [1.807, 2.05) is 13.8 Å². The van der Waals surface area contributed by atoms with Crippen molar-refractivity contribution in [1.29, 1.82) is 0 Å². The highest BCUT2D eigenvalue weighted by molar-refractivity contribution is 5.84. The summed E-state index contributed by atoms with van der Waals surface area (Å²) in [4.78, 5) is 11.3. The second kappa shape index (κ2) is 6.18. The maximum absolute atomic E-state index is 11.3. The van der Waals surface area contributed by atoms with Crippen molar-refractivity contribution in [3.63, 3.8) is 0 Å². The van der Waals surface area contributed by atoms with Crippen molar-refractivity contribution < 1.29 is 14.3 Å². The molecule has 1 saturated heterocycles. The van der Waals surface area contributed by atoms with Crippen molar-refractivity contribution >= 4 is 5.91 Å². The van der Waals surface area contributed by atoms with E-state index < -0.39 is 5.54 Å². The van der Waals surface area contributed by atoms with Crippen LogP contribution in [0.4, 0.5) is 0 Å². The molecule has 2 atom stereocenters. The second-order valence-electron chi connectivity index (χ2n) is 4.33. The van der Waals surface area contributed by atoms with Crippen molar-refractivity contribution in [3.8, 4) is 0 Å². The third-order valence-corrected chi connectivity index (χ3v) is 2.95. The van der Waals surface area contributed by atoms with Crippen molar-refractivity contribution in [2.75, 3.05) is 26.4 Å². The number of hydrogen-bond donors (Lipinski definition) is 2. The van der Waals surface area contributed by atoms with Gasteiger partial charge in [0.15, 0.2) is 0 Å². The van der Waals surface area contributed by atoms with Crippen LogP contribution in [0.2, 0.25) is 0 Å². The van der Waals surface area contributed by atoms with Crippen LogP contribution in [-0.4, -0.2) is 43.9 Å². The minimum absolute atomic E-state index is 0.179. The lowest BCUT2D eigenvalue weighted by molar-refractivity contribution is -0.124. The van der Waals surface area contributed by atoms with Crippen molar-refractivity contribution in [2.24, 2.45) is 5.73 Å². The summed E-state index contributed by atoms with van der Waals surface area (Å²) in [7, 11) is 0. The Kier molecular flexibility index (Phi) is 5.18. The fourth-order valence-electron chi connectivity index (χ4n) is 1.76. The standard InChI is InChI=1S/C11H22N2O3/c1-3-13-11(2,10(12)14)5-7-16-9-4-6-15-8-9/h9,13H,3-8H2,1-2H3,(H2,12,14). The first-order valence-electron chi connectivity index (χ1n) is 5.83. The molecule has 1 aliphatic heterocycles. The molecule has 16 heavy (non-hydrogen) atoms. The zero-order chi connectivity index (χ0) is 12.0. The second-order valence-corrected chi connectivity index (χ2v) is 4.33. The third-order valence-electron chi connectivity index (χ3n) is 2.95. The minimum atomic E-state index is -0.672. The van der Waals surface area contributed by atoms with Gasteiger partial charge in [-0.05, 0) is 26.3 Å². The largest absolute Gasteiger partial charge is 0.379 e. The van der Waals surface area contributed by atoms with Gasteiger partial charge in [0.25, 0.3) is 0 Å². The minimum Gasteiger partial charge on any atom is -0.379 e. The number of amides is 1. The van der Waals surface area contributed by atoms with Gasteiger partial charge in [0.2, 0.25) is 5.91 Å². The molecule has 1 heterocycles. The Balaban J connectivity index is 2.29.